The summed E-state index contributed by atoms with van der Waals surface area (Å²) < 4.78 is 0.617. The zero-order valence-corrected chi connectivity index (χ0v) is 15.7. The number of thiophene rings is 1. The highest BCUT2D eigenvalue weighted by Crippen LogP contribution is 2.16. The number of carbonyl (C=O) groups excluding carboxylic acids is 1. The van der Waals surface area contributed by atoms with E-state index in [1.807, 2.05) is 17.5 Å². The number of fused-ring (bicyclic) bond motifs is 1. The summed E-state index contributed by atoms with van der Waals surface area (Å²) in [7, 11) is 1.73. The van der Waals surface area contributed by atoms with Gasteiger partial charge in [0.05, 0.1) is 17.8 Å². The maximum Gasteiger partial charge on any atom is 0.268 e. The van der Waals surface area contributed by atoms with Gasteiger partial charge in [0.15, 0.2) is 0 Å². The number of thioether (sulfide) groups is 1. The van der Waals surface area contributed by atoms with E-state index in [0.717, 1.165) is 5.75 Å². The van der Waals surface area contributed by atoms with Gasteiger partial charge in [0.2, 0.25) is 5.91 Å². The Morgan fingerprint density at radius 3 is 3.00 bits per heavy atom. The molecule has 7 heteroatoms. The molecular weight excluding hydrogens is 354 g/mol. The molecule has 130 valence electrons. The summed E-state index contributed by atoms with van der Waals surface area (Å²) in [6.45, 7) is 2.36. The molecule has 5 nitrogen and oxygen atoms in total. The molecule has 0 bridgehead atoms. The highest BCUT2D eigenvalue weighted by atomic mass is 32.2. The normalized spacial score (nSPS) is 11.0. The van der Waals surface area contributed by atoms with Gasteiger partial charge < -0.3 is 9.88 Å². The van der Waals surface area contributed by atoms with Crippen molar-refractivity contribution in [1.29, 1.82) is 0 Å². The fourth-order valence-electron chi connectivity index (χ4n) is 2.48. The van der Waals surface area contributed by atoms with Crippen molar-refractivity contribution >= 4 is 39.2 Å². The maximum atomic E-state index is 12.3. The number of rotatable bonds is 6. The SMILES string of the molecule is Cc1cccc(CSCC(=O)N(C)Cc2nc3ccsc3c(=O)[nH]2)c1. The Hall–Kier alpha value is -2.12. The Morgan fingerprint density at radius 1 is 1.36 bits per heavy atom. The molecule has 0 unspecified atom stereocenters. The molecule has 0 saturated carbocycles. The first kappa shape index (κ1) is 17.7. The molecule has 0 aliphatic rings. The van der Waals surface area contributed by atoms with Crippen LogP contribution in [-0.2, 0) is 17.1 Å². The first-order valence-electron chi connectivity index (χ1n) is 7.86. The Labute approximate surface area is 154 Å². The Bertz CT molecular complexity index is 949. The van der Waals surface area contributed by atoms with Crippen LogP contribution in [0.25, 0.3) is 10.2 Å². The Kier molecular flexibility index (Phi) is 5.55. The number of amides is 1. The van der Waals surface area contributed by atoms with Gasteiger partial charge in [-0.15, -0.1) is 23.1 Å². The summed E-state index contributed by atoms with van der Waals surface area (Å²) in [5, 5.41) is 1.84. The molecule has 25 heavy (non-hydrogen) atoms. The summed E-state index contributed by atoms with van der Waals surface area (Å²) in [4.78, 5) is 33.0. The number of aromatic nitrogens is 2. The van der Waals surface area contributed by atoms with Gasteiger partial charge in [-0.25, -0.2) is 4.98 Å². The lowest BCUT2D eigenvalue weighted by atomic mass is 10.2. The van der Waals surface area contributed by atoms with E-state index in [4.69, 9.17) is 0 Å². The van der Waals surface area contributed by atoms with Gasteiger partial charge in [-0.3, -0.25) is 9.59 Å². The molecule has 3 aromatic rings. The van der Waals surface area contributed by atoms with Crippen molar-refractivity contribution in [3.63, 3.8) is 0 Å². The monoisotopic (exact) mass is 373 g/mol. The lowest BCUT2D eigenvalue weighted by Crippen LogP contribution is -2.29. The minimum atomic E-state index is -0.148. The number of nitrogens with one attached hydrogen (secondary N) is 1. The van der Waals surface area contributed by atoms with Gasteiger partial charge in [-0.1, -0.05) is 29.8 Å². The van der Waals surface area contributed by atoms with E-state index in [1.54, 1.807) is 23.7 Å². The van der Waals surface area contributed by atoms with Crippen molar-refractivity contribution < 1.29 is 4.79 Å². The molecule has 0 saturated heterocycles. The second kappa shape index (κ2) is 7.84. The van der Waals surface area contributed by atoms with Gasteiger partial charge in [0, 0.05) is 12.8 Å². The number of H-pyrrole nitrogens is 1. The standard InChI is InChI=1S/C18H19N3O2S2/c1-12-4-3-5-13(8-12)10-24-11-16(22)21(2)9-15-19-14-6-7-25-17(14)18(23)20-15/h3-8H,9-11H2,1-2H3,(H,19,20,23). The minimum absolute atomic E-state index is 0.0192. The van der Waals surface area contributed by atoms with Crippen molar-refractivity contribution in [2.75, 3.05) is 12.8 Å². The van der Waals surface area contributed by atoms with E-state index in [-0.39, 0.29) is 11.5 Å². The first-order valence-corrected chi connectivity index (χ1v) is 9.90. The number of hydrogen-bond donors (Lipinski definition) is 1. The predicted octanol–water partition coefficient (Wildman–Crippen LogP) is 3.18. The van der Waals surface area contributed by atoms with Gasteiger partial charge in [-0.2, -0.15) is 0 Å². The minimum Gasteiger partial charge on any atom is -0.338 e. The molecule has 1 amide bonds. The third kappa shape index (κ3) is 4.49. The summed E-state index contributed by atoms with van der Waals surface area (Å²) in [6.07, 6.45) is 0. The largest absolute Gasteiger partial charge is 0.338 e. The zero-order valence-electron chi connectivity index (χ0n) is 14.1. The molecule has 0 aliphatic carbocycles. The van der Waals surface area contributed by atoms with E-state index >= 15 is 0 Å². The number of carbonyl (C=O) groups is 1. The summed E-state index contributed by atoms with van der Waals surface area (Å²) in [5.41, 5.74) is 2.97. The first-order chi connectivity index (χ1) is 12.0. The van der Waals surface area contributed by atoms with Crippen molar-refractivity contribution in [2.45, 2.75) is 19.2 Å². The smallest absolute Gasteiger partial charge is 0.268 e. The van der Waals surface area contributed by atoms with Gasteiger partial charge in [-0.05, 0) is 23.9 Å². The number of nitrogens with zero attached hydrogens (tertiary/aromatic N) is 2. The van der Waals surface area contributed by atoms with Crippen LogP contribution in [-0.4, -0.2) is 33.6 Å². The molecule has 0 aliphatic heterocycles. The van der Waals surface area contributed by atoms with Gasteiger partial charge in [0.1, 0.15) is 10.5 Å². The van der Waals surface area contributed by atoms with Crippen LogP contribution in [0.1, 0.15) is 17.0 Å². The molecule has 0 atom stereocenters. The predicted molar refractivity (Wildman–Crippen MR) is 104 cm³/mol. The number of benzene rings is 1. The Balaban J connectivity index is 1.55. The quantitative estimate of drug-likeness (QED) is 0.721. The Morgan fingerprint density at radius 2 is 2.20 bits per heavy atom. The maximum absolute atomic E-state index is 12.3. The van der Waals surface area contributed by atoms with Gasteiger partial charge >= 0.3 is 0 Å². The van der Waals surface area contributed by atoms with Crippen molar-refractivity contribution in [1.82, 2.24) is 14.9 Å². The molecule has 0 fully saturated rings. The summed E-state index contributed by atoms with van der Waals surface area (Å²) in [6, 6.07) is 10.1. The fraction of sp³-hybridized carbons (Fsp3) is 0.278. The summed E-state index contributed by atoms with van der Waals surface area (Å²) >= 11 is 2.95. The second-order valence-electron chi connectivity index (χ2n) is 5.88. The third-order valence-electron chi connectivity index (χ3n) is 3.75. The van der Waals surface area contributed by atoms with Crippen LogP contribution in [0.2, 0.25) is 0 Å². The third-order valence-corrected chi connectivity index (χ3v) is 5.64. The molecule has 1 N–H and O–H groups in total. The van der Waals surface area contributed by atoms with E-state index in [2.05, 4.69) is 35.1 Å². The van der Waals surface area contributed by atoms with Gasteiger partial charge in [0.25, 0.3) is 5.56 Å². The van der Waals surface area contributed by atoms with Crippen LogP contribution in [0, 0.1) is 6.92 Å². The number of hydrogen-bond acceptors (Lipinski definition) is 5. The lowest BCUT2D eigenvalue weighted by Gasteiger charge is -2.16. The van der Waals surface area contributed by atoms with Crippen LogP contribution in [0.15, 0.2) is 40.5 Å². The van der Waals surface area contributed by atoms with E-state index in [9.17, 15) is 9.59 Å². The highest BCUT2D eigenvalue weighted by molar-refractivity contribution is 7.99. The lowest BCUT2D eigenvalue weighted by molar-refractivity contribution is -0.127. The topological polar surface area (TPSA) is 66.1 Å². The van der Waals surface area contributed by atoms with Crippen molar-refractivity contribution in [3.05, 3.63) is 63.0 Å². The van der Waals surface area contributed by atoms with Crippen molar-refractivity contribution in [3.8, 4) is 0 Å². The summed E-state index contributed by atoms with van der Waals surface area (Å²) in [5.74, 6) is 1.73. The molecule has 3 rings (SSSR count). The number of aryl methyl sites for hydroxylation is 1. The van der Waals surface area contributed by atoms with Crippen molar-refractivity contribution in [2.24, 2.45) is 0 Å². The average molecular weight is 374 g/mol. The molecular formula is C18H19N3O2S2. The fourth-order valence-corrected chi connectivity index (χ4v) is 4.12. The molecule has 0 radical (unpaired) electrons. The molecule has 2 aromatic heterocycles. The zero-order chi connectivity index (χ0) is 17.8. The van der Waals surface area contributed by atoms with Crippen LogP contribution in [0.5, 0.6) is 0 Å². The number of aromatic amines is 1. The van der Waals surface area contributed by atoms with Crippen LogP contribution < -0.4 is 5.56 Å². The van der Waals surface area contributed by atoms with E-state index in [0.29, 0.717) is 28.3 Å². The molecule has 0 spiro atoms. The second-order valence-corrected chi connectivity index (χ2v) is 7.78. The molecule has 2 heterocycles. The molecule has 1 aromatic carbocycles. The van der Waals surface area contributed by atoms with Crippen LogP contribution in [0.4, 0.5) is 0 Å². The van der Waals surface area contributed by atoms with Crippen LogP contribution >= 0.6 is 23.1 Å². The van der Waals surface area contributed by atoms with E-state index < -0.39 is 0 Å². The van der Waals surface area contributed by atoms with Crippen LogP contribution in [0.3, 0.4) is 0 Å². The van der Waals surface area contributed by atoms with E-state index in [1.165, 1.54) is 22.5 Å². The average Bonchev–Trinajstić information content (AvgIpc) is 3.04. The highest BCUT2D eigenvalue weighted by Gasteiger charge is 2.12.